The normalized spacial score (nSPS) is 15.2. The maximum atomic E-state index is 13.0. The van der Waals surface area contributed by atoms with Crippen molar-refractivity contribution in [3.05, 3.63) is 53.7 Å². The average Bonchev–Trinajstić information content (AvgIpc) is 3.16. The van der Waals surface area contributed by atoms with Crippen molar-refractivity contribution in [2.45, 2.75) is 12.5 Å². The minimum atomic E-state index is -0.799. The first-order chi connectivity index (χ1) is 14.5. The number of nitrogens with one attached hydrogen (secondary N) is 2. The van der Waals surface area contributed by atoms with Crippen molar-refractivity contribution in [3.8, 4) is 22.6 Å². The third-order valence-corrected chi connectivity index (χ3v) is 5.06. The number of amides is 2. The van der Waals surface area contributed by atoms with Crippen LogP contribution in [0.5, 0.6) is 11.5 Å². The molecule has 2 amide bonds. The first-order valence-corrected chi connectivity index (χ1v) is 9.53. The minimum absolute atomic E-state index is 0.0261. The van der Waals surface area contributed by atoms with Gasteiger partial charge in [0, 0.05) is 34.5 Å². The van der Waals surface area contributed by atoms with Crippen LogP contribution in [0.3, 0.4) is 0 Å². The molecule has 8 nitrogen and oxygen atoms in total. The number of ether oxygens (including phenoxy) is 2. The summed E-state index contributed by atoms with van der Waals surface area (Å²) in [5.41, 5.74) is 2.04. The molecule has 1 aromatic heterocycles. The molecule has 9 heteroatoms. The number of aromatic nitrogens is 2. The molecule has 3 aromatic rings. The fourth-order valence-electron chi connectivity index (χ4n) is 3.32. The molecule has 0 saturated carbocycles. The highest BCUT2D eigenvalue weighted by molar-refractivity contribution is 6.30. The van der Waals surface area contributed by atoms with E-state index in [9.17, 15) is 9.59 Å². The summed E-state index contributed by atoms with van der Waals surface area (Å²) in [6.45, 7) is 0. The molecular formula is C21H19ClN4O4. The lowest BCUT2D eigenvalue weighted by Crippen LogP contribution is -2.35. The quantitative estimate of drug-likeness (QED) is 0.648. The molecule has 2 N–H and O–H groups in total. The SMILES string of the molecule is COc1cc(NC(=O)[C@H]2CC(=O)Nc3c(-c4ccc(Cl)cc4)cnn32)cc(OC)c1. The average molecular weight is 427 g/mol. The van der Waals surface area contributed by atoms with Crippen molar-refractivity contribution < 1.29 is 19.1 Å². The summed E-state index contributed by atoms with van der Waals surface area (Å²) >= 11 is 5.96. The Morgan fingerprint density at radius 3 is 2.47 bits per heavy atom. The lowest BCUT2D eigenvalue weighted by atomic mass is 10.1. The monoisotopic (exact) mass is 426 g/mol. The molecule has 1 aliphatic rings. The van der Waals surface area contributed by atoms with Crippen LogP contribution >= 0.6 is 11.6 Å². The largest absolute Gasteiger partial charge is 0.497 e. The van der Waals surface area contributed by atoms with Crippen molar-refractivity contribution in [2.24, 2.45) is 0 Å². The van der Waals surface area contributed by atoms with E-state index in [1.165, 1.54) is 18.9 Å². The molecule has 0 bridgehead atoms. The summed E-state index contributed by atoms with van der Waals surface area (Å²) in [4.78, 5) is 25.4. The minimum Gasteiger partial charge on any atom is -0.497 e. The molecule has 0 radical (unpaired) electrons. The van der Waals surface area contributed by atoms with Crippen LogP contribution in [0.4, 0.5) is 11.5 Å². The second kappa shape index (κ2) is 8.08. The van der Waals surface area contributed by atoms with Gasteiger partial charge in [-0.15, -0.1) is 0 Å². The van der Waals surface area contributed by atoms with Gasteiger partial charge < -0.3 is 20.1 Å². The summed E-state index contributed by atoms with van der Waals surface area (Å²) in [5, 5.41) is 10.6. The number of carbonyl (C=O) groups is 2. The molecule has 30 heavy (non-hydrogen) atoms. The van der Waals surface area contributed by atoms with Crippen LogP contribution in [-0.2, 0) is 9.59 Å². The highest BCUT2D eigenvalue weighted by Crippen LogP contribution is 2.35. The van der Waals surface area contributed by atoms with E-state index in [-0.39, 0.29) is 18.2 Å². The van der Waals surface area contributed by atoms with Gasteiger partial charge in [0.1, 0.15) is 23.4 Å². The van der Waals surface area contributed by atoms with Crippen LogP contribution in [0.2, 0.25) is 5.02 Å². The molecule has 1 atom stereocenters. The van der Waals surface area contributed by atoms with Gasteiger partial charge in [0.05, 0.1) is 26.8 Å². The molecule has 0 aliphatic carbocycles. The second-order valence-corrected chi connectivity index (χ2v) is 7.15. The van der Waals surface area contributed by atoms with E-state index >= 15 is 0 Å². The Morgan fingerprint density at radius 1 is 1.17 bits per heavy atom. The van der Waals surface area contributed by atoms with Crippen LogP contribution < -0.4 is 20.1 Å². The number of anilines is 2. The molecular weight excluding hydrogens is 408 g/mol. The number of hydrogen-bond acceptors (Lipinski definition) is 5. The van der Waals surface area contributed by atoms with Gasteiger partial charge in [-0.2, -0.15) is 5.10 Å². The predicted octanol–water partition coefficient (Wildman–Crippen LogP) is 3.74. The molecule has 154 valence electrons. The van der Waals surface area contributed by atoms with Crippen molar-refractivity contribution in [1.29, 1.82) is 0 Å². The number of methoxy groups -OCH3 is 2. The molecule has 0 unspecified atom stereocenters. The Balaban J connectivity index is 1.64. The summed E-state index contributed by atoms with van der Waals surface area (Å²) < 4.78 is 12.0. The van der Waals surface area contributed by atoms with Crippen LogP contribution in [-0.4, -0.2) is 35.8 Å². The van der Waals surface area contributed by atoms with Gasteiger partial charge in [-0.3, -0.25) is 9.59 Å². The third kappa shape index (κ3) is 3.81. The number of carbonyl (C=O) groups excluding carboxylic acids is 2. The lowest BCUT2D eigenvalue weighted by Gasteiger charge is -2.24. The first-order valence-electron chi connectivity index (χ1n) is 9.15. The van der Waals surface area contributed by atoms with Gasteiger partial charge in [-0.05, 0) is 17.7 Å². The van der Waals surface area contributed by atoms with Gasteiger partial charge in [-0.25, -0.2) is 4.68 Å². The fourth-order valence-corrected chi connectivity index (χ4v) is 3.44. The summed E-state index contributed by atoms with van der Waals surface area (Å²) in [7, 11) is 3.06. The smallest absolute Gasteiger partial charge is 0.249 e. The van der Waals surface area contributed by atoms with Gasteiger partial charge in [-0.1, -0.05) is 23.7 Å². The number of fused-ring (bicyclic) bond motifs is 1. The zero-order chi connectivity index (χ0) is 21.3. The zero-order valence-electron chi connectivity index (χ0n) is 16.3. The standard InChI is InChI=1S/C21H19ClN4O4/c1-29-15-7-14(8-16(9-15)30-2)24-21(28)18-10-19(27)25-20-17(11-23-26(18)20)12-3-5-13(22)6-4-12/h3-9,11,18H,10H2,1-2H3,(H,24,28)(H,25,27)/t18-/m1/s1. The Kier molecular flexibility index (Phi) is 5.33. The number of rotatable bonds is 5. The number of hydrogen-bond donors (Lipinski definition) is 2. The summed E-state index contributed by atoms with van der Waals surface area (Å²) in [5.74, 6) is 0.914. The predicted molar refractivity (Wildman–Crippen MR) is 113 cm³/mol. The Labute approximate surface area is 177 Å². The van der Waals surface area contributed by atoms with Crippen LogP contribution in [0.15, 0.2) is 48.7 Å². The lowest BCUT2D eigenvalue weighted by molar-refractivity contribution is -0.125. The van der Waals surface area contributed by atoms with Crippen molar-refractivity contribution in [3.63, 3.8) is 0 Å². The molecule has 0 spiro atoms. The third-order valence-electron chi connectivity index (χ3n) is 4.80. The van der Waals surface area contributed by atoms with Crippen molar-refractivity contribution in [1.82, 2.24) is 9.78 Å². The number of halogens is 1. The van der Waals surface area contributed by atoms with Gasteiger partial charge >= 0.3 is 0 Å². The van der Waals surface area contributed by atoms with Crippen LogP contribution in [0, 0.1) is 0 Å². The van der Waals surface area contributed by atoms with E-state index in [0.29, 0.717) is 33.6 Å². The highest BCUT2D eigenvalue weighted by atomic mass is 35.5. The maximum absolute atomic E-state index is 13.0. The van der Waals surface area contributed by atoms with Crippen LogP contribution in [0.1, 0.15) is 12.5 Å². The molecule has 0 saturated heterocycles. The molecule has 2 aromatic carbocycles. The van der Waals surface area contributed by atoms with Gasteiger partial charge in [0.25, 0.3) is 0 Å². The number of benzene rings is 2. The molecule has 2 heterocycles. The fraction of sp³-hybridized carbons (Fsp3) is 0.190. The molecule has 4 rings (SSSR count). The Morgan fingerprint density at radius 2 is 1.83 bits per heavy atom. The van der Waals surface area contributed by atoms with Crippen molar-refractivity contribution >= 4 is 34.9 Å². The Hall–Kier alpha value is -3.52. The maximum Gasteiger partial charge on any atom is 0.249 e. The Bertz CT molecular complexity index is 1090. The van der Waals surface area contributed by atoms with E-state index in [4.69, 9.17) is 21.1 Å². The van der Waals surface area contributed by atoms with E-state index in [0.717, 1.165) is 5.56 Å². The van der Waals surface area contributed by atoms with E-state index < -0.39 is 6.04 Å². The van der Waals surface area contributed by atoms with Crippen LogP contribution in [0.25, 0.3) is 11.1 Å². The molecule has 1 aliphatic heterocycles. The number of nitrogens with zero attached hydrogens (tertiary/aromatic N) is 2. The summed E-state index contributed by atoms with van der Waals surface area (Å²) in [6, 6.07) is 11.4. The first kappa shape index (κ1) is 19.8. The molecule has 0 fully saturated rings. The summed E-state index contributed by atoms with van der Waals surface area (Å²) in [6.07, 6.45) is 1.60. The van der Waals surface area contributed by atoms with E-state index in [1.54, 1.807) is 36.5 Å². The van der Waals surface area contributed by atoms with E-state index in [2.05, 4.69) is 15.7 Å². The van der Waals surface area contributed by atoms with Gasteiger partial charge in [0.15, 0.2) is 0 Å². The van der Waals surface area contributed by atoms with E-state index in [1.807, 2.05) is 12.1 Å². The van der Waals surface area contributed by atoms with Crippen molar-refractivity contribution in [2.75, 3.05) is 24.9 Å². The highest BCUT2D eigenvalue weighted by Gasteiger charge is 2.33. The zero-order valence-corrected chi connectivity index (χ0v) is 17.1. The van der Waals surface area contributed by atoms with Gasteiger partial charge in [0.2, 0.25) is 11.8 Å². The topological polar surface area (TPSA) is 94.5 Å². The second-order valence-electron chi connectivity index (χ2n) is 6.72.